The Balaban J connectivity index is 1.95. The zero-order chi connectivity index (χ0) is 15.4. The van der Waals surface area contributed by atoms with Crippen LogP contribution >= 0.6 is 0 Å². The molecule has 0 bridgehead atoms. The fourth-order valence-corrected chi connectivity index (χ4v) is 2.05. The second-order valence-corrected chi connectivity index (χ2v) is 4.74. The molecular weight excluding hydrogens is 278 g/mol. The van der Waals surface area contributed by atoms with Crippen LogP contribution in [0.3, 0.4) is 0 Å². The maximum Gasteiger partial charge on any atom is 0.260 e. The Hall–Kier alpha value is -2.95. The molecule has 110 valence electrons. The molecule has 1 amide bonds. The Morgan fingerprint density at radius 2 is 1.82 bits per heavy atom. The number of hydrogen-bond acceptors (Lipinski definition) is 4. The summed E-state index contributed by atoms with van der Waals surface area (Å²) in [4.78, 5) is 16.0. The number of aromatic nitrogens is 2. The third-order valence-corrected chi connectivity index (χ3v) is 3.21. The number of carbonyl (C=O) groups is 1. The molecular formula is C17H15N3O2. The van der Waals surface area contributed by atoms with Crippen molar-refractivity contribution >= 4 is 11.6 Å². The monoisotopic (exact) mass is 293 g/mol. The summed E-state index contributed by atoms with van der Waals surface area (Å²) < 4.78 is 5.35. The quantitative estimate of drug-likeness (QED) is 0.795. The lowest BCUT2D eigenvalue weighted by Gasteiger charge is -2.06. The van der Waals surface area contributed by atoms with Crippen LogP contribution < -0.4 is 5.32 Å². The molecule has 22 heavy (non-hydrogen) atoms. The highest BCUT2D eigenvalue weighted by Crippen LogP contribution is 2.28. The maximum atomic E-state index is 11.6. The van der Waals surface area contributed by atoms with Gasteiger partial charge in [-0.15, -0.1) is 0 Å². The SMILES string of the molecule is CCC(=O)Nc1ccccc1-c1nc(-c2ccccc2)no1. The largest absolute Gasteiger partial charge is 0.334 e. The Labute approximate surface area is 128 Å². The second kappa shape index (κ2) is 6.22. The van der Waals surface area contributed by atoms with Gasteiger partial charge in [0.2, 0.25) is 11.7 Å². The maximum absolute atomic E-state index is 11.6. The molecule has 0 aliphatic carbocycles. The van der Waals surface area contributed by atoms with Crippen LogP contribution in [0.5, 0.6) is 0 Å². The van der Waals surface area contributed by atoms with Crippen LogP contribution in [0.25, 0.3) is 22.8 Å². The first-order chi connectivity index (χ1) is 10.8. The zero-order valence-corrected chi connectivity index (χ0v) is 12.1. The molecule has 1 heterocycles. The number of hydrogen-bond donors (Lipinski definition) is 1. The van der Waals surface area contributed by atoms with E-state index in [-0.39, 0.29) is 5.91 Å². The minimum Gasteiger partial charge on any atom is -0.334 e. The van der Waals surface area contributed by atoms with Crippen molar-refractivity contribution in [2.45, 2.75) is 13.3 Å². The van der Waals surface area contributed by atoms with E-state index in [1.54, 1.807) is 6.92 Å². The van der Waals surface area contributed by atoms with E-state index in [0.29, 0.717) is 29.4 Å². The first kappa shape index (κ1) is 14.0. The normalized spacial score (nSPS) is 10.4. The van der Waals surface area contributed by atoms with Crippen molar-refractivity contribution in [1.29, 1.82) is 0 Å². The van der Waals surface area contributed by atoms with Crippen molar-refractivity contribution in [3.63, 3.8) is 0 Å². The molecule has 0 spiro atoms. The van der Waals surface area contributed by atoms with Crippen molar-refractivity contribution in [2.24, 2.45) is 0 Å². The van der Waals surface area contributed by atoms with Gasteiger partial charge in [-0.3, -0.25) is 4.79 Å². The molecule has 3 aromatic rings. The van der Waals surface area contributed by atoms with Gasteiger partial charge in [-0.1, -0.05) is 54.5 Å². The van der Waals surface area contributed by atoms with Gasteiger partial charge in [0.1, 0.15) is 0 Å². The summed E-state index contributed by atoms with van der Waals surface area (Å²) in [6.45, 7) is 1.80. The first-order valence-corrected chi connectivity index (χ1v) is 7.06. The molecule has 1 aromatic heterocycles. The number of nitrogens with zero attached hydrogens (tertiary/aromatic N) is 2. The van der Waals surface area contributed by atoms with Gasteiger partial charge in [0.25, 0.3) is 5.89 Å². The topological polar surface area (TPSA) is 68.0 Å². The molecule has 3 rings (SSSR count). The summed E-state index contributed by atoms with van der Waals surface area (Å²) in [6, 6.07) is 17.0. The number of carbonyl (C=O) groups excluding carboxylic acids is 1. The molecule has 0 unspecified atom stereocenters. The van der Waals surface area contributed by atoms with Crippen molar-refractivity contribution in [3.8, 4) is 22.8 Å². The van der Waals surface area contributed by atoms with Crippen molar-refractivity contribution < 1.29 is 9.32 Å². The van der Waals surface area contributed by atoms with Gasteiger partial charge in [0, 0.05) is 12.0 Å². The number of benzene rings is 2. The molecule has 5 heteroatoms. The average Bonchev–Trinajstić information content (AvgIpc) is 3.06. The van der Waals surface area contributed by atoms with Crippen LogP contribution in [0.1, 0.15) is 13.3 Å². The van der Waals surface area contributed by atoms with Crippen LogP contribution in [0.4, 0.5) is 5.69 Å². The molecule has 0 saturated heterocycles. The van der Waals surface area contributed by atoms with E-state index in [4.69, 9.17) is 4.52 Å². The smallest absolute Gasteiger partial charge is 0.260 e. The van der Waals surface area contributed by atoms with Gasteiger partial charge in [-0.2, -0.15) is 4.98 Å². The highest BCUT2D eigenvalue weighted by molar-refractivity contribution is 5.94. The summed E-state index contributed by atoms with van der Waals surface area (Å²) >= 11 is 0. The molecule has 0 fully saturated rings. The Morgan fingerprint density at radius 3 is 2.59 bits per heavy atom. The van der Waals surface area contributed by atoms with Crippen LogP contribution in [-0.4, -0.2) is 16.0 Å². The third-order valence-electron chi connectivity index (χ3n) is 3.21. The highest BCUT2D eigenvalue weighted by atomic mass is 16.5. The van der Waals surface area contributed by atoms with Crippen LogP contribution in [-0.2, 0) is 4.79 Å². The van der Waals surface area contributed by atoms with E-state index in [9.17, 15) is 4.79 Å². The van der Waals surface area contributed by atoms with Crippen molar-refractivity contribution in [2.75, 3.05) is 5.32 Å². The molecule has 0 aliphatic rings. The first-order valence-electron chi connectivity index (χ1n) is 7.06. The van der Waals surface area contributed by atoms with E-state index in [1.807, 2.05) is 54.6 Å². The highest BCUT2D eigenvalue weighted by Gasteiger charge is 2.14. The van der Waals surface area contributed by atoms with Gasteiger partial charge < -0.3 is 9.84 Å². The fraction of sp³-hybridized carbons (Fsp3) is 0.118. The number of nitrogens with one attached hydrogen (secondary N) is 1. The summed E-state index contributed by atoms with van der Waals surface area (Å²) in [6.07, 6.45) is 0.410. The van der Waals surface area contributed by atoms with Gasteiger partial charge in [-0.05, 0) is 12.1 Å². The van der Waals surface area contributed by atoms with E-state index in [2.05, 4.69) is 15.5 Å². The Kier molecular flexibility index (Phi) is 3.96. The Bertz CT molecular complexity index is 781. The van der Waals surface area contributed by atoms with Crippen LogP contribution in [0.15, 0.2) is 59.1 Å². The Morgan fingerprint density at radius 1 is 1.09 bits per heavy atom. The lowest BCUT2D eigenvalue weighted by atomic mass is 10.1. The van der Waals surface area contributed by atoms with E-state index in [0.717, 1.165) is 5.56 Å². The summed E-state index contributed by atoms with van der Waals surface area (Å²) in [7, 11) is 0. The standard InChI is InChI=1S/C17H15N3O2/c1-2-15(21)18-14-11-7-6-10-13(14)17-19-16(20-22-17)12-8-4-3-5-9-12/h3-11H,2H2,1H3,(H,18,21). The third kappa shape index (κ3) is 2.88. The van der Waals surface area contributed by atoms with Crippen LogP contribution in [0, 0.1) is 0 Å². The minimum atomic E-state index is -0.0600. The van der Waals surface area contributed by atoms with Gasteiger partial charge in [-0.25, -0.2) is 0 Å². The van der Waals surface area contributed by atoms with Crippen molar-refractivity contribution in [1.82, 2.24) is 10.1 Å². The number of rotatable bonds is 4. The number of amides is 1. The lowest BCUT2D eigenvalue weighted by molar-refractivity contribution is -0.115. The molecule has 0 saturated carbocycles. The van der Waals surface area contributed by atoms with E-state index in [1.165, 1.54) is 0 Å². The summed E-state index contributed by atoms with van der Waals surface area (Å²) in [5, 5.41) is 6.85. The molecule has 5 nitrogen and oxygen atoms in total. The average molecular weight is 293 g/mol. The predicted octanol–water partition coefficient (Wildman–Crippen LogP) is 3.75. The molecule has 2 aromatic carbocycles. The van der Waals surface area contributed by atoms with Gasteiger partial charge >= 0.3 is 0 Å². The van der Waals surface area contributed by atoms with E-state index < -0.39 is 0 Å². The van der Waals surface area contributed by atoms with Gasteiger partial charge in [0.15, 0.2) is 0 Å². The number of anilines is 1. The summed E-state index contributed by atoms with van der Waals surface area (Å²) in [5.41, 5.74) is 2.25. The minimum absolute atomic E-state index is 0.0600. The van der Waals surface area contributed by atoms with Crippen LogP contribution in [0.2, 0.25) is 0 Å². The lowest BCUT2D eigenvalue weighted by Crippen LogP contribution is -2.10. The zero-order valence-electron chi connectivity index (χ0n) is 12.1. The number of para-hydroxylation sites is 1. The molecule has 1 N–H and O–H groups in total. The summed E-state index contributed by atoms with van der Waals surface area (Å²) in [5.74, 6) is 0.841. The van der Waals surface area contributed by atoms with Gasteiger partial charge in [0.05, 0.1) is 11.3 Å². The molecule has 0 radical (unpaired) electrons. The predicted molar refractivity (Wildman–Crippen MR) is 84.1 cm³/mol. The second-order valence-electron chi connectivity index (χ2n) is 4.74. The molecule has 0 aliphatic heterocycles. The fourth-order valence-electron chi connectivity index (χ4n) is 2.05. The van der Waals surface area contributed by atoms with Crippen molar-refractivity contribution in [3.05, 3.63) is 54.6 Å². The molecule has 0 atom stereocenters. The van der Waals surface area contributed by atoms with E-state index >= 15 is 0 Å².